The molecule has 3 heterocycles. The van der Waals surface area contributed by atoms with E-state index in [9.17, 15) is 9.90 Å². The van der Waals surface area contributed by atoms with Crippen molar-refractivity contribution in [3.8, 4) is 0 Å². The number of carbonyl (C=O) groups is 1. The molecule has 0 radical (unpaired) electrons. The summed E-state index contributed by atoms with van der Waals surface area (Å²) >= 11 is 0. The molecule has 0 aromatic carbocycles. The normalized spacial score (nSPS) is 20.9. The molecule has 1 aromatic heterocycles. The molecule has 1 amide bonds. The van der Waals surface area contributed by atoms with Crippen molar-refractivity contribution < 1.29 is 14.6 Å². The fourth-order valence-electron chi connectivity index (χ4n) is 3.14. The lowest BCUT2D eigenvalue weighted by atomic mass is 10.2. The molecule has 2 aliphatic heterocycles. The molecule has 0 spiro atoms. The first kappa shape index (κ1) is 16.4. The second-order valence-electron chi connectivity index (χ2n) is 6.33. The van der Waals surface area contributed by atoms with E-state index in [-0.39, 0.29) is 5.91 Å². The van der Waals surface area contributed by atoms with E-state index in [1.807, 2.05) is 15.6 Å². The van der Waals surface area contributed by atoms with E-state index in [4.69, 9.17) is 4.74 Å². The van der Waals surface area contributed by atoms with Gasteiger partial charge in [0.15, 0.2) is 0 Å². The Hall–Kier alpha value is -1.44. The first-order valence-electron chi connectivity index (χ1n) is 8.46. The lowest BCUT2D eigenvalue weighted by molar-refractivity contribution is -0.132. The van der Waals surface area contributed by atoms with Gasteiger partial charge in [0, 0.05) is 39.1 Å². The summed E-state index contributed by atoms with van der Waals surface area (Å²) in [5.74, 6) is 0.199. The van der Waals surface area contributed by atoms with Crippen molar-refractivity contribution in [3.63, 3.8) is 0 Å². The third-order valence-electron chi connectivity index (χ3n) is 4.56. The average Bonchev–Trinajstić information content (AvgIpc) is 2.86. The molecule has 128 valence electrons. The van der Waals surface area contributed by atoms with Crippen LogP contribution in [0.15, 0.2) is 6.07 Å². The van der Waals surface area contributed by atoms with E-state index in [2.05, 4.69) is 10.00 Å². The summed E-state index contributed by atoms with van der Waals surface area (Å²) < 4.78 is 7.26. The number of fused-ring (bicyclic) bond motifs is 1. The number of aryl methyl sites for hydroxylation is 1. The smallest absolute Gasteiger partial charge is 0.224 e. The van der Waals surface area contributed by atoms with E-state index >= 15 is 0 Å². The average molecular weight is 322 g/mol. The van der Waals surface area contributed by atoms with E-state index in [1.54, 1.807) is 6.92 Å². The fraction of sp³-hybridized carbons (Fsp3) is 0.750. The Balaban J connectivity index is 1.57. The number of ether oxygens (including phenoxy) is 1. The van der Waals surface area contributed by atoms with Crippen molar-refractivity contribution in [2.45, 2.75) is 39.0 Å². The summed E-state index contributed by atoms with van der Waals surface area (Å²) in [4.78, 5) is 16.7. The molecule has 23 heavy (non-hydrogen) atoms. The molecule has 7 nitrogen and oxygen atoms in total. The molecule has 1 aromatic rings. The van der Waals surface area contributed by atoms with Gasteiger partial charge in [-0.15, -0.1) is 0 Å². The highest BCUT2D eigenvalue weighted by Gasteiger charge is 2.22. The standard InChI is InChI=1S/C16H26N4O3/c1-13(21)15-11-14-12-19(4-2-5-20(14)17-15)16(22)3-6-18-7-9-23-10-8-18/h11,13,21H,2-10,12H2,1H3/t13-/m1/s1. The number of amides is 1. The van der Waals surface area contributed by atoms with Crippen LogP contribution in [0.4, 0.5) is 0 Å². The van der Waals surface area contributed by atoms with Crippen LogP contribution in [0.5, 0.6) is 0 Å². The van der Waals surface area contributed by atoms with E-state index in [1.165, 1.54) is 0 Å². The lowest BCUT2D eigenvalue weighted by Crippen LogP contribution is -2.39. The maximum atomic E-state index is 12.5. The number of hydrogen-bond donors (Lipinski definition) is 1. The Morgan fingerprint density at radius 3 is 2.87 bits per heavy atom. The molecule has 1 saturated heterocycles. The Bertz CT molecular complexity index is 537. The molecule has 1 N–H and O–H groups in total. The molecule has 0 saturated carbocycles. The summed E-state index contributed by atoms with van der Waals surface area (Å²) in [5.41, 5.74) is 1.70. The van der Waals surface area contributed by atoms with Gasteiger partial charge in [-0.2, -0.15) is 5.10 Å². The number of aliphatic hydroxyl groups excluding tert-OH is 1. The van der Waals surface area contributed by atoms with Crippen LogP contribution in [0.25, 0.3) is 0 Å². The van der Waals surface area contributed by atoms with E-state index in [0.29, 0.717) is 18.7 Å². The van der Waals surface area contributed by atoms with Crippen molar-refractivity contribution >= 4 is 5.91 Å². The predicted octanol–water partition coefficient (Wildman–Crippen LogP) is 0.391. The molecule has 0 aliphatic carbocycles. The second-order valence-corrected chi connectivity index (χ2v) is 6.33. The van der Waals surface area contributed by atoms with Gasteiger partial charge in [0.05, 0.1) is 37.3 Å². The molecule has 1 atom stereocenters. The van der Waals surface area contributed by atoms with Gasteiger partial charge in [-0.25, -0.2) is 0 Å². The Morgan fingerprint density at radius 1 is 1.35 bits per heavy atom. The SMILES string of the molecule is C[C@@H](O)c1cc2n(n1)CCCN(C(=O)CCN1CCOCC1)C2. The summed E-state index contributed by atoms with van der Waals surface area (Å²) in [7, 11) is 0. The maximum Gasteiger partial charge on any atom is 0.224 e. The van der Waals surface area contributed by atoms with Crippen LogP contribution in [-0.2, 0) is 22.6 Å². The molecule has 3 rings (SSSR count). The van der Waals surface area contributed by atoms with Crippen LogP contribution in [0.2, 0.25) is 0 Å². The van der Waals surface area contributed by atoms with Gasteiger partial charge in [0.2, 0.25) is 5.91 Å². The maximum absolute atomic E-state index is 12.5. The van der Waals surface area contributed by atoms with Crippen molar-refractivity contribution in [1.29, 1.82) is 0 Å². The van der Waals surface area contributed by atoms with E-state index < -0.39 is 6.10 Å². The van der Waals surface area contributed by atoms with Gasteiger partial charge >= 0.3 is 0 Å². The minimum absolute atomic E-state index is 0.199. The molecule has 2 aliphatic rings. The van der Waals surface area contributed by atoms with Crippen LogP contribution in [0.1, 0.15) is 37.3 Å². The van der Waals surface area contributed by atoms with Crippen LogP contribution >= 0.6 is 0 Å². The zero-order chi connectivity index (χ0) is 16.2. The molecular weight excluding hydrogens is 296 g/mol. The Labute approximate surface area is 136 Å². The van der Waals surface area contributed by atoms with Crippen LogP contribution in [0.3, 0.4) is 0 Å². The minimum atomic E-state index is -0.570. The van der Waals surface area contributed by atoms with Gasteiger partial charge in [-0.05, 0) is 19.4 Å². The number of rotatable bonds is 4. The fourth-order valence-corrected chi connectivity index (χ4v) is 3.14. The van der Waals surface area contributed by atoms with Crippen molar-refractivity contribution in [2.75, 3.05) is 39.4 Å². The highest BCUT2D eigenvalue weighted by molar-refractivity contribution is 5.76. The van der Waals surface area contributed by atoms with Gasteiger partial charge in [-0.3, -0.25) is 14.4 Å². The minimum Gasteiger partial charge on any atom is -0.387 e. The number of morpholine rings is 1. The summed E-state index contributed by atoms with van der Waals surface area (Å²) in [6.45, 7) is 8.03. The second kappa shape index (κ2) is 7.42. The number of aromatic nitrogens is 2. The molecule has 0 bridgehead atoms. The first-order valence-corrected chi connectivity index (χ1v) is 8.46. The quantitative estimate of drug-likeness (QED) is 0.868. The van der Waals surface area contributed by atoms with Crippen LogP contribution in [0, 0.1) is 0 Å². The van der Waals surface area contributed by atoms with Crippen LogP contribution in [-0.4, -0.2) is 70.0 Å². The predicted molar refractivity (Wildman–Crippen MR) is 84.8 cm³/mol. The molecule has 1 fully saturated rings. The lowest BCUT2D eigenvalue weighted by Gasteiger charge is -2.27. The van der Waals surface area contributed by atoms with Gasteiger partial charge in [-0.1, -0.05) is 0 Å². The Kier molecular flexibility index (Phi) is 5.30. The van der Waals surface area contributed by atoms with Gasteiger partial charge in [0.1, 0.15) is 0 Å². The summed E-state index contributed by atoms with van der Waals surface area (Å²) in [6.07, 6.45) is 0.883. The highest BCUT2D eigenvalue weighted by Crippen LogP contribution is 2.18. The van der Waals surface area contributed by atoms with Gasteiger partial charge in [0.25, 0.3) is 0 Å². The molecule has 0 unspecified atom stereocenters. The van der Waals surface area contributed by atoms with Crippen molar-refractivity contribution in [1.82, 2.24) is 19.6 Å². The van der Waals surface area contributed by atoms with Crippen molar-refractivity contribution in [3.05, 3.63) is 17.5 Å². The zero-order valence-electron chi connectivity index (χ0n) is 13.8. The largest absolute Gasteiger partial charge is 0.387 e. The summed E-state index contributed by atoms with van der Waals surface area (Å²) in [6, 6.07) is 1.91. The van der Waals surface area contributed by atoms with Crippen molar-refractivity contribution in [2.24, 2.45) is 0 Å². The number of aliphatic hydroxyl groups is 1. The first-order chi connectivity index (χ1) is 11.1. The van der Waals surface area contributed by atoms with Crippen LogP contribution < -0.4 is 0 Å². The van der Waals surface area contributed by atoms with E-state index in [0.717, 1.165) is 58.1 Å². The number of hydrogen-bond acceptors (Lipinski definition) is 5. The topological polar surface area (TPSA) is 70.8 Å². The zero-order valence-corrected chi connectivity index (χ0v) is 13.8. The Morgan fingerprint density at radius 2 is 2.13 bits per heavy atom. The highest BCUT2D eigenvalue weighted by atomic mass is 16.5. The number of carbonyl (C=O) groups excluding carboxylic acids is 1. The molecular formula is C16H26N4O3. The third kappa shape index (κ3) is 4.10. The van der Waals surface area contributed by atoms with Gasteiger partial charge < -0.3 is 14.7 Å². The molecule has 7 heteroatoms. The third-order valence-corrected chi connectivity index (χ3v) is 4.56. The number of nitrogens with zero attached hydrogens (tertiary/aromatic N) is 4. The monoisotopic (exact) mass is 322 g/mol. The summed E-state index contributed by atoms with van der Waals surface area (Å²) in [5, 5.41) is 14.1.